The molecule has 2 saturated heterocycles. The first-order valence-electron chi connectivity index (χ1n) is 11.5. The summed E-state index contributed by atoms with van der Waals surface area (Å²) in [4.78, 5) is 21.2. The molecular formula is C24H39N5O. The van der Waals surface area contributed by atoms with Gasteiger partial charge in [-0.15, -0.1) is 0 Å². The molecule has 2 heterocycles. The number of nitrogens with one attached hydrogen (secondary N) is 2. The van der Waals surface area contributed by atoms with E-state index in [0.29, 0.717) is 6.04 Å². The van der Waals surface area contributed by atoms with Crippen LogP contribution < -0.4 is 10.6 Å². The SMILES string of the molecule is CN=C(NCc1ccccc1CN1CCCCC1C)NC1CCN(C(=O)C(C)C)C1. The van der Waals surface area contributed by atoms with E-state index in [0.717, 1.165) is 38.6 Å². The molecule has 166 valence electrons. The molecule has 2 atom stereocenters. The van der Waals surface area contributed by atoms with Crippen LogP contribution in [0.4, 0.5) is 0 Å². The van der Waals surface area contributed by atoms with Crippen molar-refractivity contribution < 1.29 is 4.79 Å². The van der Waals surface area contributed by atoms with Gasteiger partial charge in [0, 0.05) is 51.2 Å². The molecule has 6 heteroatoms. The van der Waals surface area contributed by atoms with Crippen LogP contribution in [0.3, 0.4) is 0 Å². The first kappa shape index (κ1) is 22.6. The Hall–Kier alpha value is -2.08. The first-order chi connectivity index (χ1) is 14.5. The lowest BCUT2D eigenvalue weighted by Crippen LogP contribution is -2.45. The molecule has 2 aliphatic rings. The number of nitrogens with zero attached hydrogens (tertiary/aromatic N) is 3. The molecule has 0 aromatic heterocycles. The van der Waals surface area contributed by atoms with Crippen LogP contribution in [0.1, 0.15) is 57.6 Å². The number of hydrogen-bond donors (Lipinski definition) is 2. The number of aliphatic imine (C=N–C) groups is 1. The normalized spacial score (nSPS) is 23.1. The average molecular weight is 414 g/mol. The molecule has 1 aromatic carbocycles. The highest BCUT2D eigenvalue weighted by Crippen LogP contribution is 2.21. The third-order valence-electron chi connectivity index (χ3n) is 6.44. The number of hydrogen-bond acceptors (Lipinski definition) is 3. The summed E-state index contributed by atoms with van der Waals surface area (Å²) in [6.07, 6.45) is 4.92. The van der Waals surface area contributed by atoms with Gasteiger partial charge in [0.05, 0.1) is 0 Å². The van der Waals surface area contributed by atoms with Crippen molar-refractivity contribution in [1.29, 1.82) is 0 Å². The van der Waals surface area contributed by atoms with Crippen LogP contribution in [0.15, 0.2) is 29.3 Å². The summed E-state index contributed by atoms with van der Waals surface area (Å²) < 4.78 is 0. The molecular weight excluding hydrogens is 374 g/mol. The molecule has 1 aromatic rings. The van der Waals surface area contributed by atoms with Crippen molar-refractivity contribution in [3.05, 3.63) is 35.4 Å². The van der Waals surface area contributed by atoms with Gasteiger partial charge in [0.2, 0.25) is 5.91 Å². The zero-order chi connectivity index (χ0) is 21.5. The summed E-state index contributed by atoms with van der Waals surface area (Å²) in [5.41, 5.74) is 2.71. The van der Waals surface area contributed by atoms with E-state index in [1.54, 1.807) is 0 Å². The molecule has 6 nitrogen and oxygen atoms in total. The van der Waals surface area contributed by atoms with Crippen molar-refractivity contribution in [3.63, 3.8) is 0 Å². The minimum atomic E-state index is 0.0558. The molecule has 3 rings (SSSR count). The van der Waals surface area contributed by atoms with Crippen LogP contribution in [0.5, 0.6) is 0 Å². The first-order valence-corrected chi connectivity index (χ1v) is 11.5. The Morgan fingerprint density at radius 1 is 1.17 bits per heavy atom. The zero-order valence-electron chi connectivity index (χ0n) is 19.2. The minimum absolute atomic E-state index is 0.0558. The summed E-state index contributed by atoms with van der Waals surface area (Å²) in [6, 6.07) is 9.63. The Kier molecular flexibility index (Phi) is 8.14. The van der Waals surface area contributed by atoms with E-state index < -0.39 is 0 Å². The van der Waals surface area contributed by atoms with Crippen LogP contribution in [0, 0.1) is 5.92 Å². The molecule has 2 fully saturated rings. The number of rotatable bonds is 6. The highest BCUT2D eigenvalue weighted by Gasteiger charge is 2.28. The van der Waals surface area contributed by atoms with E-state index in [1.807, 2.05) is 25.8 Å². The van der Waals surface area contributed by atoms with Crippen LogP contribution in [-0.4, -0.2) is 60.4 Å². The fourth-order valence-electron chi connectivity index (χ4n) is 4.51. The van der Waals surface area contributed by atoms with Gasteiger partial charge in [0.1, 0.15) is 0 Å². The predicted octanol–water partition coefficient (Wildman–Crippen LogP) is 2.98. The number of benzene rings is 1. The highest BCUT2D eigenvalue weighted by molar-refractivity contribution is 5.81. The molecule has 0 bridgehead atoms. The van der Waals surface area contributed by atoms with Gasteiger partial charge in [-0.3, -0.25) is 14.7 Å². The largest absolute Gasteiger partial charge is 0.352 e. The Morgan fingerprint density at radius 3 is 2.63 bits per heavy atom. The second-order valence-electron chi connectivity index (χ2n) is 9.08. The second-order valence-corrected chi connectivity index (χ2v) is 9.08. The third-order valence-corrected chi connectivity index (χ3v) is 6.44. The number of amides is 1. The quantitative estimate of drug-likeness (QED) is 0.556. The third kappa shape index (κ3) is 5.97. The Balaban J connectivity index is 1.54. The monoisotopic (exact) mass is 413 g/mol. The maximum absolute atomic E-state index is 12.2. The fraction of sp³-hybridized carbons (Fsp3) is 0.667. The number of piperidine rings is 1. The van der Waals surface area contributed by atoms with Gasteiger partial charge in [0.25, 0.3) is 0 Å². The number of carbonyl (C=O) groups is 1. The Morgan fingerprint density at radius 2 is 1.93 bits per heavy atom. The lowest BCUT2D eigenvalue weighted by Gasteiger charge is -2.33. The summed E-state index contributed by atoms with van der Waals surface area (Å²) in [6.45, 7) is 10.8. The van der Waals surface area contributed by atoms with Crippen LogP contribution in [0.2, 0.25) is 0 Å². The van der Waals surface area contributed by atoms with Gasteiger partial charge >= 0.3 is 0 Å². The second kappa shape index (κ2) is 10.8. The Bertz CT molecular complexity index is 732. The van der Waals surface area contributed by atoms with Gasteiger partial charge < -0.3 is 15.5 Å². The van der Waals surface area contributed by atoms with Crippen molar-refractivity contribution in [2.45, 2.75) is 71.6 Å². The molecule has 0 saturated carbocycles. The zero-order valence-corrected chi connectivity index (χ0v) is 19.2. The van der Waals surface area contributed by atoms with Gasteiger partial charge in [0.15, 0.2) is 5.96 Å². The molecule has 2 N–H and O–H groups in total. The van der Waals surface area contributed by atoms with E-state index in [1.165, 1.54) is 36.9 Å². The fourth-order valence-corrected chi connectivity index (χ4v) is 4.51. The van der Waals surface area contributed by atoms with Crippen LogP contribution >= 0.6 is 0 Å². The maximum atomic E-state index is 12.2. The smallest absolute Gasteiger partial charge is 0.225 e. The van der Waals surface area contributed by atoms with Gasteiger partial charge in [-0.1, -0.05) is 44.5 Å². The van der Waals surface area contributed by atoms with E-state index in [4.69, 9.17) is 0 Å². The number of likely N-dealkylation sites (tertiary alicyclic amines) is 2. The van der Waals surface area contributed by atoms with Crippen molar-refractivity contribution >= 4 is 11.9 Å². The topological polar surface area (TPSA) is 60.0 Å². The lowest BCUT2D eigenvalue weighted by molar-refractivity contribution is -0.133. The number of guanidine groups is 1. The molecule has 2 unspecified atom stereocenters. The molecule has 0 spiro atoms. The van der Waals surface area contributed by atoms with E-state index in [-0.39, 0.29) is 17.9 Å². The van der Waals surface area contributed by atoms with Gasteiger partial charge in [-0.2, -0.15) is 0 Å². The van der Waals surface area contributed by atoms with Crippen LogP contribution in [0.25, 0.3) is 0 Å². The summed E-state index contributed by atoms with van der Waals surface area (Å²) in [7, 11) is 1.81. The van der Waals surface area contributed by atoms with Crippen molar-refractivity contribution in [2.75, 3.05) is 26.7 Å². The van der Waals surface area contributed by atoms with E-state index in [2.05, 4.69) is 51.7 Å². The summed E-state index contributed by atoms with van der Waals surface area (Å²) in [5.74, 6) is 1.10. The van der Waals surface area contributed by atoms with Gasteiger partial charge in [-0.25, -0.2) is 0 Å². The standard InChI is InChI=1S/C24H39N5O/c1-18(2)23(30)29-14-12-22(17-29)27-24(25-4)26-15-20-10-5-6-11-21(20)16-28-13-8-7-9-19(28)3/h5-6,10-11,18-19,22H,7-9,12-17H2,1-4H3,(H2,25,26,27). The number of carbonyl (C=O) groups excluding carboxylic acids is 1. The van der Waals surface area contributed by atoms with Crippen molar-refractivity contribution in [1.82, 2.24) is 20.4 Å². The van der Waals surface area contributed by atoms with Crippen LogP contribution in [-0.2, 0) is 17.9 Å². The predicted molar refractivity (Wildman–Crippen MR) is 123 cm³/mol. The highest BCUT2D eigenvalue weighted by atomic mass is 16.2. The van der Waals surface area contributed by atoms with Crippen molar-refractivity contribution in [2.24, 2.45) is 10.9 Å². The van der Waals surface area contributed by atoms with Gasteiger partial charge in [-0.05, 0) is 43.9 Å². The molecule has 30 heavy (non-hydrogen) atoms. The average Bonchev–Trinajstić information content (AvgIpc) is 3.21. The van der Waals surface area contributed by atoms with E-state index in [9.17, 15) is 4.79 Å². The molecule has 0 radical (unpaired) electrons. The molecule has 1 amide bonds. The summed E-state index contributed by atoms with van der Waals surface area (Å²) >= 11 is 0. The molecule has 0 aliphatic carbocycles. The van der Waals surface area contributed by atoms with E-state index >= 15 is 0 Å². The Labute approximate surface area is 182 Å². The minimum Gasteiger partial charge on any atom is -0.352 e. The molecule has 2 aliphatic heterocycles. The lowest BCUT2D eigenvalue weighted by atomic mass is 10.0. The van der Waals surface area contributed by atoms with Crippen molar-refractivity contribution in [3.8, 4) is 0 Å². The summed E-state index contributed by atoms with van der Waals surface area (Å²) in [5, 5.41) is 6.99. The maximum Gasteiger partial charge on any atom is 0.225 e.